The number of carbonyl (C=O) groups is 1. The molecule has 1 aromatic carbocycles. The van der Waals surface area contributed by atoms with Crippen molar-refractivity contribution in [3.63, 3.8) is 0 Å². The van der Waals surface area contributed by atoms with E-state index >= 15 is 0 Å². The van der Waals surface area contributed by atoms with E-state index in [0.29, 0.717) is 5.92 Å². The maximum Gasteiger partial charge on any atom is 0.233 e. The van der Waals surface area contributed by atoms with Crippen LogP contribution in [0.25, 0.3) is 0 Å². The topological polar surface area (TPSA) is 29.1 Å². The van der Waals surface area contributed by atoms with Crippen LogP contribution in [0.4, 0.5) is 0 Å². The van der Waals surface area contributed by atoms with Gasteiger partial charge in [-0.2, -0.15) is 0 Å². The van der Waals surface area contributed by atoms with Crippen LogP contribution in [0.2, 0.25) is 0 Å². The van der Waals surface area contributed by atoms with Gasteiger partial charge in [-0.05, 0) is 38.3 Å². The fourth-order valence-corrected chi connectivity index (χ4v) is 2.39. The van der Waals surface area contributed by atoms with Gasteiger partial charge in [-0.25, -0.2) is 0 Å². The number of benzene rings is 1. The standard InChI is InChI=1S/C15H23NOS/c1-11(2)9-10-16-15(17)13(4)18-14-7-5-12(3)6-8-14/h5-8,11,13H,9-10H2,1-4H3,(H,16,17). The minimum absolute atomic E-state index is 0.0418. The first-order valence-electron chi connectivity index (χ1n) is 6.50. The zero-order chi connectivity index (χ0) is 13.5. The van der Waals surface area contributed by atoms with E-state index in [1.165, 1.54) is 5.56 Å². The van der Waals surface area contributed by atoms with Gasteiger partial charge in [0.25, 0.3) is 0 Å². The second-order valence-corrected chi connectivity index (χ2v) is 6.46. The van der Waals surface area contributed by atoms with Gasteiger partial charge in [0.2, 0.25) is 5.91 Å². The lowest BCUT2D eigenvalue weighted by molar-refractivity contribution is -0.120. The molecule has 1 atom stereocenters. The van der Waals surface area contributed by atoms with E-state index in [1.54, 1.807) is 11.8 Å². The highest BCUT2D eigenvalue weighted by Gasteiger charge is 2.13. The smallest absolute Gasteiger partial charge is 0.233 e. The first-order chi connectivity index (χ1) is 8.49. The third-order valence-corrected chi connectivity index (χ3v) is 3.84. The molecule has 0 aliphatic rings. The summed E-state index contributed by atoms with van der Waals surface area (Å²) in [5.74, 6) is 0.756. The number of nitrogens with one attached hydrogen (secondary N) is 1. The molecule has 1 N–H and O–H groups in total. The summed E-state index contributed by atoms with van der Waals surface area (Å²) in [6, 6.07) is 8.28. The first kappa shape index (κ1) is 15.1. The quantitative estimate of drug-likeness (QED) is 0.796. The van der Waals surface area contributed by atoms with E-state index in [2.05, 4.69) is 50.4 Å². The number of hydrogen-bond acceptors (Lipinski definition) is 2. The molecule has 0 saturated heterocycles. The molecule has 3 heteroatoms. The highest BCUT2D eigenvalue weighted by molar-refractivity contribution is 8.00. The summed E-state index contributed by atoms with van der Waals surface area (Å²) in [7, 11) is 0. The number of aryl methyl sites for hydroxylation is 1. The Morgan fingerprint density at radius 2 is 1.83 bits per heavy atom. The Balaban J connectivity index is 2.37. The Kier molecular flexibility index (Phi) is 6.27. The summed E-state index contributed by atoms with van der Waals surface area (Å²) in [5, 5.41) is 2.94. The molecule has 18 heavy (non-hydrogen) atoms. The van der Waals surface area contributed by atoms with Crippen molar-refractivity contribution in [2.75, 3.05) is 6.54 Å². The zero-order valence-corrected chi connectivity index (χ0v) is 12.5. The Labute approximate surface area is 115 Å². The molecule has 0 spiro atoms. The molecule has 2 nitrogen and oxygen atoms in total. The molecule has 0 heterocycles. The summed E-state index contributed by atoms with van der Waals surface area (Å²) < 4.78 is 0. The maximum absolute atomic E-state index is 11.9. The lowest BCUT2D eigenvalue weighted by Crippen LogP contribution is -2.32. The van der Waals surface area contributed by atoms with Crippen LogP contribution in [-0.4, -0.2) is 17.7 Å². The van der Waals surface area contributed by atoms with E-state index < -0.39 is 0 Å². The summed E-state index contributed by atoms with van der Waals surface area (Å²) >= 11 is 1.61. The van der Waals surface area contributed by atoms with Crippen molar-refractivity contribution in [3.05, 3.63) is 29.8 Å². The van der Waals surface area contributed by atoms with Crippen molar-refractivity contribution in [1.82, 2.24) is 5.32 Å². The van der Waals surface area contributed by atoms with Gasteiger partial charge in [-0.1, -0.05) is 31.5 Å². The zero-order valence-electron chi connectivity index (χ0n) is 11.7. The number of carbonyl (C=O) groups excluding carboxylic acids is 1. The summed E-state index contributed by atoms with van der Waals surface area (Å²) in [6.45, 7) is 9.12. The third kappa shape index (κ3) is 5.58. The van der Waals surface area contributed by atoms with Gasteiger partial charge in [-0.15, -0.1) is 11.8 Å². The normalized spacial score (nSPS) is 12.5. The molecule has 1 amide bonds. The van der Waals surface area contributed by atoms with Gasteiger partial charge in [0.05, 0.1) is 5.25 Å². The van der Waals surface area contributed by atoms with E-state index in [1.807, 2.05) is 6.92 Å². The second kappa shape index (κ2) is 7.47. The maximum atomic E-state index is 11.9. The predicted octanol–water partition coefficient (Wildman–Crippen LogP) is 3.64. The number of rotatable bonds is 6. The van der Waals surface area contributed by atoms with Gasteiger partial charge >= 0.3 is 0 Å². The molecule has 0 aliphatic heterocycles. The van der Waals surface area contributed by atoms with Crippen LogP contribution in [0, 0.1) is 12.8 Å². The van der Waals surface area contributed by atoms with E-state index in [9.17, 15) is 4.79 Å². The van der Waals surface area contributed by atoms with Crippen molar-refractivity contribution in [2.45, 2.75) is 44.3 Å². The van der Waals surface area contributed by atoms with Crippen LogP contribution in [-0.2, 0) is 4.79 Å². The van der Waals surface area contributed by atoms with E-state index in [4.69, 9.17) is 0 Å². The Morgan fingerprint density at radius 1 is 1.22 bits per heavy atom. The van der Waals surface area contributed by atoms with Crippen LogP contribution >= 0.6 is 11.8 Å². The summed E-state index contributed by atoms with van der Waals surface area (Å²) in [6.07, 6.45) is 1.04. The molecule has 0 aromatic heterocycles. The van der Waals surface area contributed by atoms with Gasteiger partial charge < -0.3 is 5.32 Å². The molecule has 0 saturated carbocycles. The summed E-state index contributed by atoms with van der Waals surface area (Å²) in [5.41, 5.74) is 1.24. The van der Waals surface area contributed by atoms with Crippen molar-refractivity contribution < 1.29 is 4.79 Å². The van der Waals surface area contributed by atoms with Crippen molar-refractivity contribution >= 4 is 17.7 Å². The van der Waals surface area contributed by atoms with Crippen LogP contribution < -0.4 is 5.32 Å². The van der Waals surface area contributed by atoms with Crippen LogP contribution in [0.1, 0.15) is 32.8 Å². The van der Waals surface area contributed by atoms with Crippen LogP contribution in [0.15, 0.2) is 29.2 Å². The van der Waals surface area contributed by atoms with Gasteiger partial charge in [0, 0.05) is 11.4 Å². The Morgan fingerprint density at radius 3 is 2.39 bits per heavy atom. The molecule has 0 bridgehead atoms. The molecule has 0 radical (unpaired) electrons. The highest BCUT2D eigenvalue weighted by atomic mass is 32.2. The minimum Gasteiger partial charge on any atom is -0.355 e. The first-order valence-corrected chi connectivity index (χ1v) is 7.38. The van der Waals surface area contributed by atoms with Gasteiger partial charge in [0.1, 0.15) is 0 Å². The van der Waals surface area contributed by atoms with Gasteiger partial charge in [-0.3, -0.25) is 4.79 Å². The molecule has 0 aliphatic carbocycles. The monoisotopic (exact) mass is 265 g/mol. The average molecular weight is 265 g/mol. The summed E-state index contributed by atoms with van der Waals surface area (Å²) in [4.78, 5) is 13.0. The average Bonchev–Trinajstić information content (AvgIpc) is 2.31. The largest absolute Gasteiger partial charge is 0.355 e. The fourth-order valence-electron chi connectivity index (χ4n) is 1.50. The number of amides is 1. The van der Waals surface area contributed by atoms with E-state index in [-0.39, 0.29) is 11.2 Å². The molecule has 100 valence electrons. The van der Waals surface area contributed by atoms with Crippen molar-refractivity contribution in [1.29, 1.82) is 0 Å². The fraction of sp³-hybridized carbons (Fsp3) is 0.533. The molecule has 1 aromatic rings. The third-order valence-electron chi connectivity index (χ3n) is 2.72. The van der Waals surface area contributed by atoms with Crippen molar-refractivity contribution in [3.8, 4) is 0 Å². The SMILES string of the molecule is Cc1ccc(SC(C)C(=O)NCCC(C)C)cc1. The number of hydrogen-bond donors (Lipinski definition) is 1. The molecule has 1 unspecified atom stereocenters. The minimum atomic E-state index is -0.0418. The highest BCUT2D eigenvalue weighted by Crippen LogP contribution is 2.23. The second-order valence-electron chi connectivity index (χ2n) is 5.05. The Hall–Kier alpha value is -0.960. The number of thioether (sulfide) groups is 1. The Bertz CT molecular complexity index is 373. The van der Waals surface area contributed by atoms with E-state index in [0.717, 1.165) is 17.9 Å². The molecule has 1 rings (SSSR count). The molecular weight excluding hydrogens is 242 g/mol. The molecule has 0 fully saturated rings. The lowest BCUT2D eigenvalue weighted by atomic mass is 10.1. The van der Waals surface area contributed by atoms with Gasteiger partial charge in [0.15, 0.2) is 0 Å². The predicted molar refractivity (Wildman–Crippen MR) is 79.0 cm³/mol. The lowest BCUT2D eigenvalue weighted by Gasteiger charge is -2.12. The van der Waals surface area contributed by atoms with Crippen LogP contribution in [0.3, 0.4) is 0 Å². The van der Waals surface area contributed by atoms with Crippen LogP contribution in [0.5, 0.6) is 0 Å². The van der Waals surface area contributed by atoms with Crippen molar-refractivity contribution in [2.24, 2.45) is 5.92 Å². The molecular formula is C15H23NOS.